The number of rotatable bonds is 4. The molecule has 0 heterocycles. The second-order valence-corrected chi connectivity index (χ2v) is 13.3. The average Bonchev–Trinajstić information content (AvgIpc) is 3.69. The van der Waals surface area contributed by atoms with Gasteiger partial charge in [-0.1, -0.05) is 44.2 Å². The van der Waals surface area contributed by atoms with Crippen molar-refractivity contribution in [3.8, 4) is 0 Å². The highest BCUT2D eigenvalue weighted by atomic mass is 16.5. The number of ether oxygens (including phenoxy) is 1. The summed E-state index contributed by atoms with van der Waals surface area (Å²) in [4.78, 5) is 0. The highest BCUT2D eigenvalue weighted by Gasteiger charge is 2.81. The Balaban J connectivity index is 1.17. The number of hydrogen-bond acceptors (Lipinski definition) is 4. The van der Waals surface area contributed by atoms with E-state index in [-0.39, 0.29) is 16.9 Å². The van der Waals surface area contributed by atoms with Crippen molar-refractivity contribution in [3.63, 3.8) is 0 Å². The van der Waals surface area contributed by atoms with Crippen molar-refractivity contribution in [3.05, 3.63) is 35.9 Å². The molecule has 4 heteroatoms. The van der Waals surface area contributed by atoms with E-state index in [2.05, 4.69) is 26.0 Å². The Kier molecular flexibility index (Phi) is 4.29. The standard InChI is InChI=1S/C29H40O4/c1-26-10-8-18(30)14-28(26,31)22-12-19(22)24-21(26)9-11-27(2)25(24)20-13-23(20)29(27,32)16-33-15-17-6-4-3-5-7-17/h3-7,18-25,30-32H,8-16H2,1-2H3/t18-,19-,20+,21?,22+,23-,24?,25?,26+,27-,28+,29-/m0/s1. The molecule has 3 N–H and O–H groups in total. The number of fused-ring (bicyclic) bond motifs is 10. The lowest BCUT2D eigenvalue weighted by Gasteiger charge is -2.64. The maximum absolute atomic E-state index is 12.2. The fourth-order valence-electron chi connectivity index (χ4n) is 10.5. The molecule has 180 valence electrons. The van der Waals surface area contributed by atoms with Crippen LogP contribution in [-0.4, -0.2) is 39.2 Å². The lowest BCUT2D eigenvalue weighted by atomic mass is 9.42. The second kappa shape index (κ2) is 6.63. The van der Waals surface area contributed by atoms with Crippen LogP contribution in [-0.2, 0) is 11.3 Å². The summed E-state index contributed by atoms with van der Waals surface area (Å²) in [6.07, 6.45) is 6.37. The van der Waals surface area contributed by atoms with Crippen LogP contribution in [0.15, 0.2) is 30.3 Å². The van der Waals surface area contributed by atoms with E-state index in [1.54, 1.807) is 0 Å². The van der Waals surface area contributed by atoms with Crippen molar-refractivity contribution in [2.75, 3.05) is 6.61 Å². The van der Waals surface area contributed by atoms with Gasteiger partial charge in [0.1, 0.15) is 0 Å². The number of hydrogen-bond donors (Lipinski definition) is 3. The quantitative estimate of drug-likeness (QED) is 0.642. The molecule has 12 atom stereocenters. The summed E-state index contributed by atoms with van der Waals surface area (Å²) < 4.78 is 6.21. The topological polar surface area (TPSA) is 69.9 Å². The van der Waals surface area contributed by atoms with Crippen LogP contribution in [0.5, 0.6) is 0 Å². The molecule has 0 aromatic heterocycles. The van der Waals surface area contributed by atoms with E-state index in [1.165, 1.54) is 0 Å². The van der Waals surface area contributed by atoms with Crippen molar-refractivity contribution < 1.29 is 20.1 Å². The summed E-state index contributed by atoms with van der Waals surface area (Å²) in [6.45, 7) is 5.72. The van der Waals surface area contributed by atoms with Crippen LogP contribution in [0.3, 0.4) is 0 Å². The normalized spacial score (nSPS) is 57.8. The summed E-state index contributed by atoms with van der Waals surface area (Å²) in [5.41, 5.74) is -0.446. The highest BCUT2D eigenvalue weighted by Crippen LogP contribution is 2.81. The monoisotopic (exact) mass is 452 g/mol. The zero-order valence-electron chi connectivity index (χ0n) is 20.1. The summed E-state index contributed by atoms with van der Waals surface area (Å²) >= 11 is 0. The lowest BCUT2D eigenvalue weighted by molar-refractivity contribution is -0.241. The van der Waals surface area contributed by atoms with Crippen LogP contribution in [0, 0.1) is 52.3 Å². The van der Waals surface area contributed by atoms with Gasteiger partial charge in [0.05, 0.1) is 30.5 Å². The maximum Gasteiger partial charge on any atom is 0.0967 e. The van der Waals surface area contributed by atoms with Gasteiger partial charge >= 0.3 is 0 Å². The Morgan fingerprint density at radius 1 is 0.909 bits per heavy atom. The van der Waals surface area contributed by atoms with Crippen LogP contribution < -0.4 is 0 Å². The molecular weight excluding hydrogens is 412 g/mol. The van der Waals surface area contributed by atoms with Gasteiger partial charge in [0, 0.05) is 11.8 Å². The van der Waals surface area contributed by atoms with Crippen LogP contribution in [0.25, 0.3) is 0 Å². The third-order valence-electron chi connectivity index (χ3n) is 12.2. The van der Waals surface area contributed by atoms with Gasteiger partial charge in [-0.15, -0.1) is 0 Å². The lowest BCUT2D eigenvalue weighted by Crippen LogP contribution is -2.66. The highest BCUT2D eigenvalue weighted by molar-refractivity contribution is 5.30. The SMILES string of the molecule is C[C@]12CCC3C(C1[C@@H]1C[C@@H]1[C@@]2(O)COCc1ccccc1)[C@H]1C[C@H]1[C@]1(O)C[C@@H](O)CC[C@]31C. The predicted molar refractivity (Wildman–Crippen MR) is 125 cm³/mol. The minimum Gasteiger partial charge on any atom is -0.393 e. The number of aliphatic hydroxyl groups excluding tert-OH is 1. The molecule has 1 aromatic rings. The molecule has 7 rings (SSSR count). The first-order valence-corrected chi connectivity index (χ1v) is 13.5. The van der Waals surface area contributed by atoms with Crippen LogP contribution in [0.2, 0.25) is 0 Å². The summed E-state index contributed by atoms with van der Waals surface area (Å²) in [6, 6.07) is 10.3. The smallest absolute Gasteiger partial charge is 0.0967 e. The molecule has 6 fully saturated rings. The molecule has 0 saturated heterocycles. The molecule has 0 aliphatic heterocycles. The van der Waals surface area contributed by atoms with E-state index in [1.807, 2.05) is 18.2 Å². The Labute approximate surface area is 197 Å². The third kappa shape index (κ3) is 2.57. The van der Waals surface area contributed by atoms with Gasteiger partial charge < -0.3 is 20.1 Å². The fraction of sp³-hybridized carbons (Fsp3) is 0.793. The van der Waals surface area contributed by atoms with E-state index >= 15 is 0 Å². The minimum atomic E-state index is -0.732. The molecule has 33 heavy (non-hydrogen) atoms. The van der Waals surface area contributed by atoms with Gasteiger partial charge in [0.25, 0.3) is 0 Å². The van der Waals surface area contributed by atoms with Crippen molar-refractivity contribution in [2.24, 2.45) is 52.3 Å². The van der Waals surface area contributed by atoms with Crippen molar-refractivity contribution in [1.29, 1.82) is 0 Å². The first kappa shape index (κ1) is 21.4. The van der Waals surface area contributed by atoms with E-state index in [0.717, 1.165) is 44.1 Å². The van der Waals surface area contributed by atoms with Crippen molar-refractivity contribution >= 4 is 0 Å². The molecule has 3 unspecified atom stereocenters. The van der Waals surface area contributed by atoms with Gasteiger partial charge in [-0.25, -0.2) is 0 Å². The zero-order valence-corrected chi connectivity index (χ0v) is 20.1. The van der Waals surface area contributed by atoms with Gasteiger partial charge in [0.2, 0.25) is 0 Å². The molecule has 0 radical (unpaired) electrons. The summed E-state index contributed by atoms with van der Waals surface area (Å²) in [7, 11) is 0. The molecule has 0 bridgehead atoms. The van der Waals surface area contributed by atoms with Gasteiger partial charge in [-0.2, -0.15) is 0 Å². The van der Waals surface area contributed by atoms with Crippen LogP contribution >= 0.6 is 0 Å². The maximum atomic E-state index is 12.2. The fourth-order valence-corrected chi connectivity index (χ4v) is 10.5. The molecule has 0 amide bonds. The molecule has 6 saturated carbocycles. The zero-order chi connectivity index (χ0) is 22.8. The minimum absolute atomic E-state index is 0.0917. The number of benzene rings is 1. The van der Waals surface area contributed by atoms with E-state index in [9.17, 15) is 15.3 Å². The Morgan fingerprint density at radius 2 is 1.64 bits per heavy atom. The van der Waals surface area contributed by atoms with Gasteiger partial charge in [-0.3, -0.25) is 0 Å². The van der Waals surface area contributed by atoms with Gasteiger partial charge in [0.15, 0.2) is 0 Å². The molecular formula is C29H40O4. The molecule has 6 aliphatic carbocycles. The van der Waals surface area contributed by atoms with E-state index in [0.29, 0.717) is 61.1 Å². The first-order valence-electron chi connectivity index (χ1n) is 13.5. The van der Waals surface area contributed by atoms with E-state index < -0.39 is 11.2 Å². The first-order chi connectivity index (χ1) is 15.7. The average molecular weight is 453 g/mol. The Morgan fingerprint density at radius 3 is 2.42 bits per heavy atom. The summed E-state index contributed by atoms with van der Waals surface area (Å²) in [5, 5.41) is 34.6. The molecule has 4 nitrogen and oxygen atoms in total. The molecule has 1 aromatic carbocycles. The van der Waals surface area contributed by atoms with Crippen molar-refractivity contribution in [2.45, 2.75) is 82.7 Å². The third-order valence-corrected chi connectivity index (χ3v) is 12.2. The van der Waals surface area contributed by atoms with Gasteiger partial charge in [-0.05, 0) is 90.9 Å². The Bertz CT molecular complexity index is 950. The summed E-state index contributed by atoms with van der Waals surface area (Å²) in [5.74, 6) is 3.62. The largest absolute Gasteiger partial charge is 0.393 e. The van der Waals surface area contributed by atoms with E-state index in [4.69, 9.17) is 4.74 Å². The second-order valence-electron chi connectivity index (χ2n) is 13.3. The number of aliphatic hydroxyl groups is 3. The molecule has 6 aliphatic rings. The Hall–Kier alpha value is -0.940. The predicted octanol–water partition coefficient (Wildman–Crippen LogP) is 4.16. The van der Waals surface area contributed by atoms with Crippen molar-refractivity contribution in [1.82, 2.24) is 0 Å². The molecule has 0 spiro atoms. The van der Waals surface area contributed by atoms with Crippen LogP contribution in [0.1, 0.15) is 64.4 Å². The van der Waals surface area contributed by atoms with Crippen LogP contribution in [0.4, 0.5) is 0 Å².